The second-order valence-corrected chi connectivity index (χ2v) is 5.39. The predicted molar refractivity (Wildman–Crippen MR) is 81.6 cm³/mol. The Labute approximate surface area is 137 Å². The van der Waals surface area contributed by atoms with Crippen LogP contribution in [0.15, 0.2) is 30.5 Å². The van der Waals surface area contributed by atoms with Crippen molar-refractivity contribution >= 4 is 23.5 Å². The second kappa shape index (κ2) is 6.78. The van der Waals surface area contributed by atoms with Crippen LogP contribution in [0.3, 0.4) is 0 Å². The fraction of sp³-hybridized carbons (Fsp3) is 0.267. The van der Waals surface area contributed by atoms with Crippen LogP contribution in [-0.4, -0.2) is 37.7 Å². The van der Waals surface area contributed by atoms with Gasteiger partial charge in [0.25, 0.3) is 5.91 Å². The van der Waals surface area contributed by atoms with Gasteiger partial charge in [-0.15, -0.1) is 0 Å². The van der Waals surface area contributed by atoms with E-state index >= 15 is 0 Å². The first-order chi connectivity index (χ1) is 10.8. The van der Waals surface area contributed by atoms with Crippen LogP contribution in [0, 0.1) is 5.82 Å². The van der Waals surface area contributed by atoms with Crippen LogP contribution in [0.1, 0.15) is 23.0 Å². The molecular formula is C15H15ClFN3O3. The number of carbonyl (C=O) groups is 2. The minimum absolute atomic E-state index is 0.0674. The Morgan fingerprint density at radius 2 is 2.13 bits per heavy atom. The van der Waals surface area contributed by atoms with Crippen LogP contribution in [0.25, 0.3) is 0 Å². The van der Waals surface area contributed by atoms with Crippen LogP contribution in [0.5, 0.6) is 0 Å². The molecule has 1 aromatic carbocycles. The third-order valence-corrected chi connectivity index (χ3v) is 3.87. The summed E-state index contributed by atoms with van der Waals surface area (Å²) in [6.45, 7) is 1.09. The van der Waals surface area contributed by atoms with Crippen molar-refractivity contribution in [2.75, 3.05) is 0 Å². The van der Waals surface area contributed by atoms with Gasteiger partial charge >= 0.3 is 5.97 Å². The molecule has 0 saturated heterocycles. The van der Waals surface area contributed by atoms with E-state index in [1.165, 1.54) is 42.1 Å². The van der Waals surface area contributed by atoms with Gasteiger partial charge in [0.1, 0.15) is 17.6 Å². The molecule has 1 atom stereocenters. The number of carboxylic acids is 1. The minimum atomic E-state index is -1.20. The number of hydrogen-bond donors (Lipinski definition) is 1. The maximum atomic E-state index is 14.0. The summed E-state index contributed by atoms with van der Waals surface area (Å²) >= 11 is 5.98. The number of carboxylic acid groups (broad SMARTS) is 1. The van der Waals surface area contributed by atoms with E-state index in [9.17, 15) is 19.1 Å². The summed E-state index contributed by atoms with van der Waals surface area (Å²) in [5.41, 5.74) is 0.267. The fourth-order valence-corrected chi connectivity index (χ4v) is 2.33. The molecule has 1 amide bonds. The van der Waals surface area contributed by atoms with Gasteiger partial charge in [0.15, 0.2) is 0 Å². The molecule has 1 heterocycles. The molecule has 8 heteroatoms. The molecule has 0 aliphatic rings. The maximum Gasteiger partial charge on any atom is 0.326 e. The lowest BCUT2D eigenvalue weighted by atomic mass is 10.1. The number of amides is 1. The molecule has 23 heavy (non-hydrogen) atoms. The Hall–Kier alpha value is -2.41. The molecule has 0 fully saturated rings. The van der Waals surface area contributed by atoms with Gasteiger partial charge in [-0.05, 0) is 25.1 Å². The Bertz CT molecular complexity index is 727. The quantitative estimate of drug-likeness (QED) is 0.907. The average Bonchev–Trinajstić information content (AvgIpc) is 2.92. The number of carbonyl (C=O) groups excluding carboxylic acids is 1. The third kappa shape index (κ3) is 3.50. The van der Waals surface area contributed by atoms with E-state index in [1.807, 2.05) is 0 Å². The zero-order valence-corrected chi connectivity index (χ0v) is 13.3. The topological polar surface area (TPSA) is 75.4 Å². The predicted octanol–water partition coefficient (Wildman–Crippen LogP) is 2.33. The molecule has 0 aliphatic carbocycles. The highest BCUT2D eigenvalue weighted by molar-refractivity contribution is 6.31. The molecule has 6 nitrogen and oxygen atoms in total. The lowest BCUT2D eigenvalue weighted by Gasteiger charge is -2.27. The zero-order chi connectivity index (χ0) is 17.1. The highest BCUT2D eigenvalue weighted by atomic mass is 35.5. The van der Waals surface area contributed by atoms with Crippen molar-refractivity contribution in [3.8, 4) is 0 Å². The van der Waals surface area contributed by atoms with Gasteiger partial charge in [-0.1, -0.05) is 17.7 Å². The van der Waals surface area contributed by atoms with Gasteiger partial charge in [0.2, 0.25) is 0 Å². The van der Waals surface area contributed by atoms with Gasteiger partial charge in [-0.3, -0.25) is 9.48 Å². The molecular weight excluding hydrogens is 325 g/mol. The molecule has 1 unspecified atom stereocenters. The monoisotopic (exact) mass is 339 g/mol. The molecule has 2 rings (SSSR count). The first-order valence-corrected chi connectivity index (χ1v) is 7.15. The lowest BCUT2D eigenvalue weighted by Crippen LogP contribution is -2.43. The van der Waals surface area contributed by atoms with Crippen molar-refractivity contribution in [2.45, 2.75) is 19.5 Å². The normalized spacial score (nSPS) is 12.0. The zero-order valence-electron chi connectivity index (χ0n) is 12.5. The molecule has 1 aromatic heterocycles. The minimum Gasteiger partial charge on any atom is -0.480 e. The van der Waals surface area contributed by atoms with Crippen LogP contribution < -0.4 is 0 Å². The number of halogens is 2. The third-order valence-electron chi connectivity index (χ3n) is 3.52. The molecule has 0 radical (unpaired) electrons. The van der Waals surface area contributed by atoms with E-state index in [0.29, 0.717) is 0 Å². The molecule has 0 saturated carbocycles. The number of aromatic nitrogens is 2. The highest BCUT2D eigenvalue weighted by Gasteiger charge is 2.29. The van der Waals surface area contributed by atoms with Crippen molar-refractivity contribution < 1.29 is 19.1 Å². The van der Waals surface area contributed by atoms with Crippen molar-refractivity contribution in [1.29, 1.82) is 0 Å². The van der Waals surface area contributed by atoms with E-state index < -0.39 is 23.7 Å². The molecule has 0 bridgehead atoms. The van der Waals surface area contributed by atoms with Gasteiger partial charge in [0, 0.05) is 23.8 Å². The van der Waals surface area contributed by atoms with Gasteiger partial charge in [-0.25, -0.2) is 9.18 Å². The number of aliphatic carboxylic acids is 1. The summed E-state index contributed by atoms with van der Waals surface area (Å²) in [6, 6.07) is 4.44. The standard InChI is InChI=1S/C15H15ClFN3O3/c1-9(15(22)23)20(14(21)13-6-7-18-19(13)2)8-10-11(16)4-3-5-12(10)17/h3-7,9H,8H2,1-2H3,(H,22,23). The van der Waals surface area contributed by atoms with E-state index in [4.69, 9.17) is 11.6 Å². The van der Waals surface area contributed by atoms with Crippen LogP contribution in [0.2, 0.25) is 5.02 Å². The largest absolute Gasteiger partial charge is 0.480 e. The van der Waals surface area contributed by atoms with Crippen LogP contribution in [-0.2, 0) is 18.4 Å². The Kier molecular flexibility index (Phi) is 5.00. The van der Waals surface area contributed by atoms with Crippen molar-refractivity contribution in [3.05, 3.63) is 52.6 Å². The second-order valence-electron chi connectivity index (χ2n) is 4.99. The lowest BCUT2D eigenvalue weighted by molar-refractivity contribution is -0.141. The van der Waals surface area contributed by atoms with E-state index in [-0.39, 0.29) is 22.8 Å². The highest BCUT2D eigenvalue weighted by Crippen LogP contribution is 2.23. The van der Waals surface area contributed by atoms with E-state index in [1.54, 1.807) is 7.05 Å². The summed E-state index contributed by atoms with van der Waals surface area (Å²) in [6.07, 6.45) is 1.42. The van der Waals surface area contributed by atoms with E-state index in [0.717, 1.165) is 4.90 Å². The number of hydrogen-bond acceptors (Lipinski definition) is 3. The summed E-state index contributed by atoms with van der Waals surface area (Å²) in [4.78, 5) is 25.0. The number of rotatable bonds is 5. The first kappa shape index (κ1) is 17.0. The Morgan fingerprint density at radius 3 is 2.65 bits per heavy atom. The van der Waals surface area contributed by atoms with Crippen LogP contribution in [0.4, 0.5) is 4.39 Å². The molecule has 1 N–H and O–H groups in total. The maximum absolute atomic E-state index is 14.0. The molecule has 0 spiro atoms. The number of nitrogens with zero attached hydrogens (tertiary/aromatic N) is 3. The smallest absolute Gasteiger partial charge is 0.326 e. The number of aryl methyl sites for hydroxylation is 1. The first-order valence-electron chi connectivity index (χ1n) is 6.77. The Morgan fingerprint density at radius 1 is 1.43 bits per heavy atom. The van der Waals surface area contributed by atoms with E-state index in [2.05, 4.69) is 5.10 Å². The molecule has 0 aliphatic heterocycles. The fourth-order valence-electron chi connectivity index (χ4n) is 2.10. The Balaban J connectivity index is 2.41. The van der Waals surface area contributed by atoms with Gasteiger partial charge in [-0.2, -0.15) is 5.10 Å². The summed E-state index contributed by atoms with van der Waals surface area (Å²) in [5, 5.41) is 13.3. The van der Waals surface area contributed by atoms with Crippen molar-refractivity contribution in [1.82, 2.24) is 14.7 Å². The SMILES string of the molecule is CC(C(=O)O)N(Cc1c(F)cccc1Cl)C(=O)c1ccnn1C. The van der Waals surface area contributed by atoms with Crippen LogP contribution >= 0.6 is 11.6 Å². The van der Waals surface area contributed by atoms with Gasteiger partial charge < -0.3 is 10.0 Å². The molecule has 2 aromatic rings. The van der Waals surface area contributed by atoms with Gasteiger partial charge in [0.05, 0.1) is 6.54 Å². The average molecular weight is 340 g/mol. The summed E-state index contributed by atoms with van der Waals surface area (Å²) in [7, 11) is 1.56. The van der Waals surface area contributed by atoms with Crippen molar-refractivity contribution in [3.63, 3.8) is 0 Å². The van der Waals surface area contributed by atoms with Crippen molar-refractivity contribution in [2.24, 2.45) is 7.05 Å². The summed E-state index contributed by atoms with van der Waals surface area (Å²) < 4.78 is 15.3. The summed E-state index contributed by atoms with van der Waals surface area (Å²) in [5.74, 6) is -2.37. The number of benzene rings is 1. The molecule has 122 valence electrons.